The maximum atomic E-state index is 5.54. The van der Waals surface area contributed by atoms with E-state index in [1.165, 1.54) is 12.8 Å². The second kappa shape index (κ2) is 8.17. The van der Waals surface area contributed by atoms with Crippen LogP contribution in [-0.4, -0.2) is 19.8 Å². The summed E-state index contributed by atoms with van der Waals surface area (Å²) in [6.07, 6.45) is 2.43. The lowest BCUT2D eigenvalue weighted by Crippen LogP contribution is -2.10. The van der Waals surface area contributed by atoms with Crippen molar-refractivity contribution in [2.24, 2.45) is 5.92 Å². The molecule has 1 N–H and O–H groups in total. The Balaban J connectivity index is 1.93. The van der Waals surface area contributed by atoms with Gasteiger partial charge in [-0.05, 0) is 30.9 Å². The van der Waals surface area contributed by atoms with Crippen LogP contribution in [0.5, 0.6) is 0 Å². The summed E-state index contributed by atoms with van der Waals surface area (Å²) >= 11 is 0. The van der Waals surface area contributed by atoms with Gasteiger partial charge in [-0.2, -0.15) is 0 Å². The molecule has 0 radical (unpaired) electrons. The van der Waals surface area contributed by atoms with Crippen LogP contribution in [0.2, 0.25) is 0 Å². The van der Waals surface area contributed by atoms with E-state index < -0.39 is 0 Å². The van der Waals surface area contributed by atoms with Gasteiger partial charge in [-0.1, -0.05) is 32.0 Å². The number of rotatable bonds is 8. The molecule has 1 aromatic rings. The molecule has 0 amide bonds. The largest absolute Gasteiger partial charge is 0.383 e. The summed E-state index contributed by atoms with van der Waals surface area (Å²) < 4.78 is 5.54. The Morgan fingerprint density at radius 2 is 1.88 bits per heavy atom. The van der Waals surface area contributed by atoms with Crippen molar-refractivity contribution < 1.29 is 4.74 Å². The second-order valence-electron chi connectivity index (χ2n) is 4.44. The van der Waals surface area contributed by atoms with Gasteiger partial charge in [0.2, 0.25) is 0 Å². The Kier molecular flexibility index (Phi) is 6.66. The van der Waals surface area contributed by atoms with Gasteiger partial charge < -0.3 is 10.1 Å². The highest BCUT2D eigenvalue weighted by molar-refractivity contribution is 5.42. The van der Waals surface area contributed by atoms with Crippen LogP contribution in [0.15, 0.2) is 30.3 Å². The molecule has 1 rings (SSSR count). The van der Waals surface area contributed by atoms with Gasteiger partial charge in [0.25, 0.3) is 0 Å². The number of hydrogen-bond acceptors (Lipinski definition) is 2. The first kappa shape index (κ1) is 13.0. The van der Waals surface area contributed by atoms with E-state index in [-0.39, 0.29) is 0 Å². The minimum atomic E-state index is 0.783. The smallest absolute Gasteiger partial charge is 0.0639 e. The van der Waals surface area contributed by atoms with Gasteiger partial charge in [-0.15, -0.1) is 0 Å². The van der Waals surface area contributed by atoms with Crippen molar-refractivity contribution in [1.82, 2.24) is 0 Å². The first-order valence-corrected chi connectivity index (χ1v) is 6.15. The van der Waals surface area contributed by atoms with Crippen LogP contribution in [0.4, 0.5) is 5.69 Å². The highest BCUT2D eigenvalue weighted by Gasteiger charge is 1.94. The minimum absolute atomic E-state index is 0.783. The number of benzene rings is 1. The van der Waals surface area contributed by atoms with Crippen LogP contribution >= 0.6 is 0 Å². The van der Waals surface area contributed by atoms with Crippen LogP contribution < -0.4 is 5.32 Å². The maximum absolute atomic E-state index is 5.54. The zero-order valence-electron chi connectivity index (χ0n) is 10.4. The summed E-state index contributed by atoms with van der Waals surface area (Å²) in [4.78, 5) is 0. The minimum Gasteiger partial charge on any atom is -0.383 e. The topological polar surface area (TPSA) is 21.3 Å². The third kappa shape index (κ3) is 6.46. The molecule has 0 aliphatic heterocycles. The molecule has 2 nitrogen and oxygen atoms in total. The summed E-state index contributed by atoms with van der Waals surface area (Å²) in [5.41, 5.74) is 1.16. The van der Waals surface area contributed by atoms with Crippen LogP contribution in [0.1, 0.15) is 26.7 Å². The average molecular weight is 221 g/mol. The molecule has 0 aliphatic rings. The molecule has 0 heterocycles. The van der Waals surface area contributed by atoms with Crippen LogP contribution in [-0.2, 0) is 4.74 Å². The Morgan fingerprint density at radius 3 is 2.56 bits per heavy atom. The fourth-order valence-corrected chi connectivity index (χ4v) is 1.52. The first-order valence-electron chi connectivity index (χ1n) is 6.15. The van der Waals surface area contributed by atoms with Gasteiger partial charge in [0.1, 0.15) is 0 Å². The van der Waals surface area contributed by atoms with Crippen molar-refractivity contribution in [3.05, 3.63) is 30.3 Å². The molecular weight excluding hydrogens is 198 g/mol. The van der Waals surface area contributed by atoms with Gasteiger partial charge in [0, 0.05) is 18.8 Å². The van der Waals surface area contributed by atoms with Gasteiger partial charge >= 0.3 is 0 Å². The van der Waals surface area contributed by atoms with E-state index in [0.29, 0.717) is 0 Å². The molecule has 0 aliphatic carbocycles. The Hall–Kier alpha value is -1.02. The fraction of sp³-hybridized carbons (Fsp3) is 0.571. The normalized spacial score (nSPS) is 10.7. The molecule has 2 heteroatoms. The molecule has 0 aromatic heterocycles. The Morgan fingerprint density at radius 1 is 1.12 bits per heavy atom. The average Bonchev–Trinajstić information content (AvgIpc) is 2.29. The maximum Gasteiger partial charge on any atom is 0.0639 e. The monoisotopic (exact) mass is 221 g/mol. The molecule has 0 bridgehead atoms. The van der Waals surface area contributed by atoms with E-state index in [2.05, 4.69) is 31.3 Å². The third-order valence-corrected chi connectivity index (χ3v) is 2.42. The zero-order chi connectivity index (χ0) is 11.6. The molecule has 1 aromatic carbocycles. The summed E-state index contributed by atoms with van der Waals surface area (Å²) in [6, 6.07) is 10.2. The molecule has 0 fully saturated rings. The molecule has 0 saturated carbocycles. The number of anilines is 1. The lowest BCUT2D eigenvalue weighted by Gasteiger charge is -2.08. The van der Waals surface area contributed by atoms with Crippen molar-refractivity contribution in [2.45, 2.75) is 26.7 Å². The van der Waals surface area contributed by atoms with Crippen molar-refractivity contribution in [3.8, 4) is 0 Å². The number of para-hydroxylation sites is 1. The highest BCUT2D eigenvalue weighted by Crippen LogP contribution is 2.04. The Labute approximate surface area is 99.0 Å². The van der Waals surface area contributed by atoms with Gasteiger partial charge in [0.15, 0.2) is 0 Å². The SMILES string of the molecule is CC(C)CCCOCCNc1ccccc1. The molecule has 0 unspecified atom stereocenters. The Bertz CT molecular complexity index is 259. The van der Waals surface area contributed by atoms with Crippen molar-refractivity contribution in [2.75, 3.05) is 25.1 Å². The van der Waals surface area contributed by atoms with Gasteiger partial charge in [-0.25, -0.2) is 0 Å². The summed E-state index contributed by atoms with van der Waals surface area (Å²) in [6.45, 7) is 7.04. The number of ether oxygens (including phenoxy) is 1. The van der Waals surface area contributed by atoms with Crippen molar-refractivity contribution >= 4 is 5.69 Å². The molecule has 0 atom stereocenters. The van der Waals surface area contributed by atoms with E-state index in [1.54, 1.807) is 0 Å². The summed E-state index contributed by atoms with van der Waals surface area (Å²) in [7, 11) is 0. The molecule has 16 heavy (non-hydrogen) atoms. The fourth-order valence-electron chi connectivity index (χ4n) is 1.52. The van der Waals surface area contributed by atoms with E-state index in [1.807, 2.05) is 18.2 Å². The molecular formula is C14H23NO. The van der Waals surface area contributed by atoms with E-state index in [9.17, 15) is 0 Å². The lowest BCUT2D eigenvalue weighted by atomic mass is 10.1. The second-order valence-corrected chi connectivity index (χ2v) is 4.44. The van der Waals surface area contributed by atoms with Gasteiger partial charge in [0.05, 0.1) is 6.61 Å². The molecule has 0 saturated heterocycles. The predicted octanol–water partition coefficient (Wildman–Crippen LogP) is 3.55. The highest BCUT2D eigenvalue weighted by atomic mass is 16.5. The summed E-state index contributed by atoms with van der Waals surface area (Å²) in [5, 5.41) is 3.32. The van der Waals surface area contributed by atoms with Crippen LogP contribution in [0.3, 0.4) is 0 Å². The predicted molar refractivity (Wildman–Crippen MR) is 69.8 cm³/mol. The van der Waals surface area contributed by atoms with E-state index >= 15 is 0 Å². The number of nitrogens with one attached hydrogen (secondary N) is 1. The standard InChI is InChI=1S/C14H23NO/c1-13(2)7-6-11-16-12-10-15-14-8-4-3-5-9-14/h3-5,8-9,13,15H,6-7,10-12H2,1-2H3. The van der Waals surface area contributed by atoms with Gasteiger partial charge in [-0.3, -0.25) is 0 Å². The first-order chi connectivity index (χ1) is 7.79. The zero-order valence-corrected chi connectivity index (χ0v) is 10.4. The summed E-state index contributed by atoms with van der Waals surface area (Å²) in [5.74, 6) is 0.783. The molecule has 0 spiro atoms. The van der Waals surface area contributed by atoms with Crippen LogP contribution in [0.25, 0.3) is 0 Å². The van der Waals surface area contributed by atoms with Crippen molar-refractivity contribution in [3.63, 3.8) is 0 Å². The third-order valence-electron chi connectivity index (χ3n) is 2.42. The van der Waals surface area contributed by atoms with E-state index in [0.717, 1.165) is 31.4 Å². The number of hydrogen-bond donors (Lipinski definition) is 1. The lowest BCUT2D eigenvalue weighted by molar-refractivity contribution is 0.137. The van der Waals surface area contributed by atoms with Crippen molar-refractivity contribution in [1.29, 1.82) is 0 Å². The van der Waals surface area contributed by atoms with Crippen LogP contribution in [0, 0.1) is 5.92 Å². The molecule has 90 valence electrons. The quantitative estimate of drug-likeness (QED) is 0.678. The van der Waals surface area contributed by atoms with E-state index in [4.69, 9.17) is 4.74 Å².